The highest BCUT2D eigenvalue weighted by atomic mass is 16.1. The molecule has 1 aromatic carbocycles. The lowest BCUT2D eigenvalue weighted by molar-refractivity contribution is -0.119. The summed E-state index contributed by atoms with van der Waals surface area (Å²) in [5.41, 5.74) is 18.1. The summed E-state index contributed by atoms with van der Waals surface area (Å²) < 4.78 is 0. The first-order valence-electron chi connectivity index (χ1n) is 4.46. The van der Waals surface area contributed by atoms with Crippen LogP contribution in [0.5, 0.6) is 0 Å². The van der Waals surface area contributed by atoms with E-state index < -0.39 is 11.9 Å². The monoisotopic (exact) mass is 193 g/mol. The normalized spacial score (nSPS) is 12.4. The van der Waals surface area contributed by atoms with Crippen LogP contribution in [0.4, 0.5) is 0 Å². The lowest BCUT2D eigenvalue weighted by Crippen LogP contribution is -2.38. The maximum Gasteiger partial charge on any atom is 0.234 e. The molecule has 1 rings (SSSR count). The minimum Gasteiger partial charge on any atom is -0.368 e. The third-order valence-electron chi connectivity index (χ3n) is 2.08. The fourth-order valence-electron chi connectivity index (χ4n) is 1.17. The molecule has 0 aliphatic rings. The summed E-state index contributed by atoms with van der Waals surface area (Å²) in [5.74, 6) is -0.479. The van der Waals surface area contributed by atoms with Gasteiger partial charge in [0, 0.05) is 6.54 Å². The van der Waals surface area contributed by atoms with Crippen molar-refractivity contribution in [3.8, 4) is 0 Å². The van der Waals surface area contributed by atoms with Crippen LogP contribution in [0, 0.1) is 0 Å². The molecule has 0 spiro atoms. The van der Waals surface area contributed by atoms with Gasteiger partial charge in [0.2, 0.25) is 5.91 Å². The lowest BCUT2D eigenvalue weighted by atomic mass is 10.0. The van der Waals surface area contributed by atoms with E-state index in [-0.39, 0.29) is 0 Å². The second kappa shape index (κ2) is 4.74. The van der Waals surface area contributed by atoms with Gasteiger partial charge in [-0.3, -0.25) is 4.79 Å². The van der Waals surface area contributed by atoms with E-state index in [0.717, 1.165) is 11.1 Å². The number of hydrogen-bond acceptors (Lipinski definition) is 3. The Balaban J connectivity index is 2.64. The lowest BCUT2D eigenvalue weighted by Gasteiger charge is -2.07. The zero-order valence-electron chi connectivity index (χ0n) is 7.94. The van der Waals surface area contributed by atoms with Crippen LogP contribution in [0.1, 0.15) is 11.1 Å². The summed E-state index contributed by atoms with van der Waals surface area (Å²) in [4.78, 5) is 10.7. The molecule has 0 fully saturated rings. The summed E-state index contributed by atoms with van der Waals surface area (Å²) in [6.45, 7) is 0.516. The number of hydrogen-bond donors (Lipinski definition) is 3. The van der Waals surface area contributed by atoms with E-state index in [4.69, 9.17) is 17.2 Å². The molecular weight excluding hydrogens is 178 g/mol. The van der Waals surface area contributed by atoms with Gasteiger partial charge < -0.3 is 17.2 Å². The van der Waals surface area contributed by atoms with Crippen molar-refractivity contribution < 1.29 is 4.79 Å². The molecule has 1 amide bonds. The molecule has 76 valence electrons. The Hall–Kier alpha value is -1.39. The van der Waals surface area contributed by atoms with E-state index in [2.05, 4.69) is 0 Å². The standard InChI is InChI=1S/C10H15N3O/c11-6-8-3-1-7(2-4-8)5-9(12)10(13)14/h1-4,9H,5-6,11-12H2,(H2,13,14)/t9-/m0/s1. The molecule has 0 heterocycles. The molecule has 1 aromatic rings. The fraction of sp³-hybridized carbons (Fsp3) is 0.300. The Labute approximate surface area is 83.1 Å². The van der Waals surface area contributed by atoms with Crippen molar-refractivity contribution in [1.29, 1.82) is 0 Å². The summed E-state index contributed by atoms with van der Waals surface area (Å²) in [5, 5.41) is 0. The van der Waals surface area contributed by atoms with Crippen molar-refractivity contribution in [1.82, 2.24) is 0 Å². The Bertz CT molecular complexity index is 308. The van der Waals surface area contributed by atoms with Gasteiger partial charge in [0.05, 0.1) is 6.04 Å². The highest BCUT2D eigenvalue weighted by molar-refractivity contribution is 5.79. The van der Waals surface area contributed by atoms with Gasteiger partial charge in [0.1, 0.15) is 0 Å². The molecule has 4 nitrogen and oxygen atoms in total. The van der Waals surface area contributed by atoms with E-state index in [0.29, 0.717) is 13.0 Å². The topological polar surface area (TPSA) is 95.1 Å². The Kier molecular flexibility index (Phi) is 3.62. The van der Waals surface area contributed by atoms with Crippen molar-refractivity contribution in [2.75, 3.05) is 0 Å². The molecule has 0 unspecified atom stereocenters. The van der Waals surface area contributed by atoms with E-state index in [1.165, 1.54) is 0 Å². The number of carbonyl (C=O) groups excluding carboxylic acids is 1. The molecule has 0 aromatic heterocycles. The smallest absolute Gasteiger partial charge is 0.234 e. The zero-order chi connectivity index (χ0) is 10.6. The van der Waals surface area contributed by atoms with Gasteiger partial charge in [0.15, 0.2) is 0 Å². The van der Waals surface area contributed by atoms with E-state index >= 15 is 0 Å². The van der Waals surface area contributed by atoms with Crippen molar-refractivity contribution in [3.63, 3.8) is 0 Å². The largest absolute Gasteiger partial charge is 0.368 e. The minimum absolute atomic E-state index is 0.472. The van der Waals surface area contributed by atoms with Gasteiger partial charge in [-0.2, -0.15) is 0 Å². The van der Waals surface area contributed by atoms with Crippen LogP contribution in [0.15, 0.2) is 24.3 Å². The van der Waals surface area contributed by atoms with Crippen LogP contribution in [0.3, 0.4) is 0 Å². The van der Waals surface area contributed by atoms with Crippen LogP contribution in [0.25, 0.3) is 0 Å². The maximum absolute atomic E-state index is 10.7. The number of amides is 1. The van der Waals surface area contributed by atoms with E-state index in [9.17, 15) is 4.79 Å². The van der Waals surface area contributed by atoms with Crippen LogP contribution in [-0.4, -0.2) is 11.9 Å². The van der Waals surface area contributed by atoms with Gasteiger partial charge >= 0.3 is 0 Å². The second-order valence-corrected chi connectivity index (χ2v) is 3.23. The third-order valence-corrected chi connectivity index (χ3v) is 2.08. The molecule has 0 aliphatic carbocycles. The Morgan fingerprint density at radius 2 is 1.71 bits per heavy atom. The molecule has 1 atom stereocenters. The average molecular weight is 193 g/mol. The van der Waals surface area contributed by atoms with Gasteiger partial charge in [-0.1, -0.05) is 24.3 Å². The number of benzene rings is 1. The first-order chi connectivity index (χ1) is 6.63. The van der Waals surface area contributed by atoms with Crippen LogP contribution in [-0.2, 0) is 17.8 Å². The van der Waals surface area contributed by atoms with Crippen molar-refractivity contribution >= 4 is 5.91 Å². The molecule has 4 heteroatoms. The van der Waals surface area contributed by atoms with Crippen molar-refractivity contribution in [2.45, 2.75) is 19.0 Å². The van der Waals surface area contributed by atoms with Crippen molar-refractivity contribution in [3.05, 3.63) is 35.4 Å². The zero-order valence-corrected chi connectivity index (χ0v) is 7.94. The number of carbonyl (C=O) groups is 1. The molecule has 0 aliphatic heterocycles. The summed E-state index contributed by atoms with van der Waals surface area (Å²) in [6.07, 6.45) is 0.472. The first kappa shape index (κ1) is 10.7. The number of nitrogens with two attached hydrogens (primary N) is 3. The van der Waals surface area contributed by atoms with Crippen LogP contribution >= 0.6 is 0 Å². The van der Waals surface area contributed by atoms with Crippen LogP contribution in [0.2, 0.25) is 0 Å². The highest BCUT2D eigenvalue weighted by Crippen LogP contribution is 2.05. The Morgan fingerprint density at radius 3 is 2.14 bits per heavy atom. The number of rotatable bonds is 4. The minimum atomic E-state index is -0.612. The van der Waals surface area contributed by atoms with Gasteiger partial charge in [-0.15, -0.1) is 0 Å². The molecular formula is C10H15N3O. The fourth-order valence-corrected chi connectivity index (χ4v) is 1.17. The molecule has 6 N–H and O–H groups in total. The van der Waals surface area contributed by atoms with Gasteiger partial charge in [0.25, 0.3) is 0 Å². The average Bonchev–Trinajstić information content (AvgIpc) is 2.19. The second-order valence-electron chi connectivity index (χ2n) is 3.23. The van der Waals surface area contributed by atoms with Gasteiger partial charge in [-0.05, 0) is 17.5 Å². The number of primary amides is 1. The highest BCUT2D eigenvalue weighted by Gasteiger charge is 2.09. The van der Waals surface area contributed by atoms with E-state index in [1.54, 1.807) is 0 Å². The molecule has 14 heavy (non-hydrogen) atoms. The van der Waals surface area contributed by atoms with E-state index in [1.807, 2.05) is 24.3 Å². The summed E-state index contributed by atoms with van der Waals surface area (Å²) >= 11 is 0. The van der Waals surface area contributed by atoms with Crippen LogP contribution < -0.4 is 17.2 Å². The Morgan fingerprint density at radius 1 is 1.21 bits per heavy atom. The summed E-state index contributed by atoms with van der Waals surface area (Å²) in [7, 11) is 0. The van der Waals surface area contributed by atoms with Gasteiger partial charge in [-0.25, -0.2) is 0 Å². The first-order valence-corrected chi connectivity index (χ1v) is 4.46. The molecule has 0 saturated heterocycles. The summed E-state index contributed by atoms with van der Waals surface area (Å²) in [6, 6.07) is 7.04. The molecule has 0 bridgehead atoms. The SMILES string of the molecule is NCc1ccc(C[C@H](N)C(N)=O)cc1. The predicted molar refractivity (Wildman–Crippen MR) is 55.2 cm³/mol. The van der Waals surface area contributed by atoms with Crippen molar-refractivity contribution in [2.24, 2.45) is 17.2 Å². The predicted octanol–water partition coefficient (Wildman–Crippen LogP) is -0.500. The quantitative estimate of drug-likeness (QED) is 0.601. The molecule has 0 saturated carbocycles. The maximum atomic E-state index is 10.7. The third kappa shape index (κ3) is 2.83. The molecule has 0 radical (unpaired) electrons.